The Balaban J connectivity index is 3.06. The summed E-state index contributed by atoms with van der Waals surface area (Å²) < 4.78 is 53.0. The Morgan fingerprint density at radius 2 is 1.91 bits per heavy atom. The number of hydrogen-bond acceptors (Lipinski definition) is 4. The molecule has 1 aromatic rings. The standard InChI is InChI=1S/C11H13BrF4N4O2/c12-6-1-5(9(18)21)2-7(20-22)8(6)19-4-11(15,16)10(13,14)3-17/h1-2,19-20,22H,3-4,17H2,(H2,18,21)/p+1. The predicted octanol–water partition coefficient (Wildman–Crippen LogP) is 0.773. The summed E-state index contributed by atoms with van der Waals surface area (Å²) in [4.78, 5) is 11.1. The first-order valence-electron chi connectivity index (χ1n) is 5.86. The average molecular weight is 390 g/mol. The Kier molecular flexibility index (Phi) is 5.73. The summed E-state index contributed by atoms with van der Waals surface area (Å²) in [5, 5.41) is 11.2. The third-order valence-corrected chi connectivity index (χ3v) is 3.45. The van der Waals surface area contributed by atoms with Crippen molar-refractivity contribution < 1.29 is 33.0 Å². The summed E-state index contributed by atoms with van der Waals surface area (Å²) in [5.74, 6) is -9.60. The molecule has 124 valence electrons. The van der Waals surface area contributed by atoms with Crippen LogP contribution in [-0.2, 0) is 0 Å². The maximum absolute atomic E-state index is 13.4. The monoisotopic (exact) mass is 389 g/mol. The summed E-state index contributed by atoms with van der Waals surface area (Å²) in [7, 11) is 0. The van der Waals surface area contributed by atoms with Crippen LogP contribution < -0.4 is 22.3 Å². The smallest absolute Gasteiger partial charge is 0.328 e. The van der Waals surface area contributed by atoms with Crippen LogP contribution in [0.5, 0.6) is 0 Å². The fourth-order valence-corrected chi connectivity index (χ4v) is 2.15. The molecule has 0 fully saturated rings. The molecular weight excluding hydrogens is 376 g/mol. The van der Waals surface area contributed by atoms with Gasteiger partial charge in [0.25, 0.3) is 0 Å². The molecule has 0 radical (unpaired) electrons. The van der Waals surface area contributed by atoms with E-state index in [-0.39, 0.29) is 21.4 Å². The lowest BCUT2D eigenvalue weighted by Gasteiger charge is -2.26. The Morgan fingerprint density at radius 1 is 1.32 bits per heavy atom. The number of benzene rings is 1. The molecule has 0 aliphatic heterocycles. The van der Waals surface area contributed by atoms with Gasteiger partial charge in [-0.2, -0.15) is 23.0 Å². The van der Waals surface area contributed by atoms with E-state index in [9.17, 15) is 22.4 Å². The van der Waals surface area contributed by atoms with E-state index in [0.717, 1.165) is 6.07 Å². The number of carbonyl (C=O) groups is 1. The number of alkyl halides is 4. The zero-order valence-electron chi connectivity index (χ0n) is 11.0. The molecule has 0 unspecified atom stereocenters. The normalized spacial score (nSPS) is 12.3. The van der Waals surface area contributed by atoms with Gasteiger partial charge < -0.3 is 16.8 Å². The van der Waals surface area contributed by atoms with E-state index in [2.05, 4.69) is 27.0 Å². The molecule has 1 rings (SSSR count). The third kappa shape index (κ3) is 3.85. The largest absolute Gasteiger partial charge is 0.373 e. The number of rotatable bonds is 7. The molecule has 0 spiro atoms. The van der Waals surface area contributed by atoms with Crippen molar-refractivity contribution in [2.24, 2.45) is 11.5 Å². The molecule has 0 heterocycles. The van der Waals surface area contributed by atoms with Crippen LogP contribution in [0.3, 0.4) is 0 Å². The maximum Gasteiger partial charge on any atom is 0.328 e. The molecule has 0 saturated heterocycles. The van der Waals surface area contributed by atoms with E-state index < -0.39 is 30.8 Å². The highest BCUT2D eigenvalue weighted by Crippen LogP contribution is 2.35. The van der Waals surface area contributed by atoms with E-state index >= 15 is 0 Å². The van der Waals surface area contributed by atoms with Crippen LogP contribution in [0.4, 0.5) is 28.9 Å². The molecular formula is C11H14BrF4N4O2+. The van der Waals surface area contributed by atoms with Crippen molar-refractivity contribution >= 4 is 33.2 Å². The van der Waals surface area contributed by atoms with E-state index in [1.165, 1.54) is 6.07 Å². The first-order valence-corrected chi connectivity index (χ1v) is 6.65. The minimum absolute atomic E-state index is 0.00299. The molecule has 0 bridgehead atoms. The second-order valence-electron chi connectivity index (χ2n) is 4.38. The molecule has 0 atom stereocenters. The van der Waals surface area contributed by atoms with E-state index in [4.69, 9.17) is 10.9 Å². The number of hydrogen-bond donors (Lipinski definition) is 5. The lowest BCUT2D eigenvalue weighted by Crippen LogP contribution is -2.74. The highest BCUT2D eigenvalue weighted by Gasteiger charge is 2.54. The van der Waals surface area contributed by atoms with Crippen LogP contribution in [0.15, 0.2) is 16.6 Å². The minimum Gasteiger partial charge on any atom is -0.373 e. The highest BCUT2D eigenvalue weighted by molar-refractivity contribution is 9.10. The van der Waals surface area contributed by atoms with Gasteiger partial charge in [-0.1, -0.05) is 0 Å². The second kappa shape index (κ2) is 6.77. The van der Waals surface area contributed by atoms with Gasteiger partial charge in [-0.25, -0.2) is 5.21 Å². The van der Waals surface area contributed by atoms with Crippen molar-refractivity contribution in [3.05, 3.63) is 22.2 Å². The molecule has 22 heavy (non-hydrogen) atoms. The van der Waals surface area contributed by atoms with E-state index in [0.29, 0.717) is 5.48 Å². The maximum atomic E-state index is 13.4. The zero-order chi connectivity index (χ0) is 17.1. The lowest BCUT2D eigenvalue weighted by atomic mass is 10.1. The third-order valence-electron chi connectivity index (χ3n) is 2.82. The van der Waals surface area contributed by atoms with Crippen molar-refractivity contribution in [1.82, 2.24) is 0 Å². The lowest BCUT2D eigenvalue weighted by molar-refractivity contribution is -0.825. The summed E-state index contributed by atoms with van der Waals surface area (Å²) in [5.41, 5.74) is 10.1. The second-order valence-corrected chi connectivity index (χ2v) is 5.24. The molecule has 1 amide bonds. The highest BCUT2D eigenvalue weighted by atomic mass is 79.9. The zero-order valence-corrected chi connectivity index (χ0v) is 12.6. The van der Waals surface area contributed by atoms with Crippen LogP contribution in [0, 0.1) is 0 Å². The van der Waals surface area contributed by atoms with Gasteiger partial charge in [0.2, 0.25) is 5.91 Å². The molecule has 0 saturated carbocycles. The van der Waals surface area contributed by atoms with Gasteiger partial charge in [-0.3, -0.25) is 4.79 Å². The SMILES string of the molecule is NCC(F)(F)C(F)(F)CNc1c(Br)cc(C(N)=O)cc1[NH2+]O. The molecule has 11 heteroatoms. The number of primary amides is 1. The predicted molar refractivity (Wildman–Crippen MR) is 73.5 cm³/mol. The minimum atomic E-state index is -4.41. The molecule has 0 aromatic heterocycles. The van der Waals surface area contributed by atoms with Gasteiger partial charge in [0.05, 0.1) is 13.1 Å². The van der Waals surface area contributed by atoms with Crippen molar-refractivity contribution in [1.29, 1.82) is 0 Å². The van der Waals surface area contributed by atoms with Crippen molar-refractivity contribution in [2.45, 2.75) is 11.8 Å². The Labute approximate surface area is 130 Å². The molecule has 8 N–H and O–H groups in total. The van der Waals surface area contributed by atoms with Crippen molar-refractivity contribution in [2.75, 3.05) is 18.4 Å². The van der Waals surface area contributed by atoms with Gasteiger partial charge >= 0.3 is 11.8 Å². The fraction of sp³-hybridized carbons (Fsp3) is 0.364. The van der Waals surface area contributed by atoms with E-state index in [1.807, 2.05) is 0 Å². The van der Waals surface area contributed by atoms with E-state index in [1.54, 1.807) is 0 Å². The summed E-state index contributed by atoms with van der Waals surface area (Å²) in [6, 6.07) is 2.32. The number of halogens is 5. The summed E-state index contributed by atoms with van der Waals surface area (Å²) >= 11 is 2.98. The number of anilines is 1. The Hall–Kier alpha value is -1.43. The first-order chi connectivity index (χ1) is 10.1. The summed E-state index contributed by atoms with van der Waals surface area (Å²) in [6.07, 6.45) is 0. The number of nitrogens with one attached hydrogen (secondary N) is 1. The van der Waals surface area contributed by atoms with Crippen molar-refractivity contribution in [3.8, 4) is 0 Å². The first kappa shape index (κ1) is 18.6. The number of quaternary nitrogens is 1. The van der Waals surface area contributed by atoms with Crippen LogP contribution in [0.1, 0.15) is 10.4 Å². The van der Waals surface area contributed by atoms with Crippen LogP contribution >= 0.6 is 15.9 Å². The van der Waals surface area contributed by atoms with Gasteiger partial charge in [0.1, 0.15) is 5.69 Å². The topological polar surface area (TPSA) is 118 Å². The summed E-state index contributed by atoms with van der Waals surface area (Å²) in [6.45, 7) is -2.94. The Bertz CT molecular complexity index is 571. The quantitative estimate of drug-likeness (QED) is 0.269. The van der Waals surface area contributed by atoms with Crippen LogP contribution in [-0.4, -0.2) is 36.0 Å². The van der Waals surface area contributed by atoms with Crippen molar-refractivity contribution in [3.63, 3.8) is 0 Å². The molecule has 0 aliphatic carbocycles. The Morgan fingerprint density at radius 3 is 2.36 bits per heavy atom. The van der Waals surface area contributed by atoms with Gasteiger partial charge in [0, 0.05) is 16.1 Å². The number of carbonyl (C=O) groups excluding carboxylic acids is 1. The molecule has 6 nitrogen and oxygen atoms in total. The number of amides is 1. The average Bonchev–Trinajstić information content (AvgIpc) is 2.44. The van der Waals surface area contributed by atoms with Crippen LogP contribution in [0.25, 0.3) is 0 Å². The van der Waals surface area contributed by atoms with Gasteiger partial charge in [0.15, 0.2) is 5.69 Å². The fourth-order valence-electron chi connectivity index (χ4n) is 1.54. The molecule has 0 aliphatic rings. The van der Waals surface area contributed by atoms with Crippen LogP contribution in [0.2, 0.25) is 0 Å². The van der Waals surface area contributed by atoms with Gasteiger partial charge in [-0.15, -0.1) is 0 Å². The van der Waals surface area contributed by atoms with Gasteiger partial charge in [-0.05, 0) is 22.0 Å². The molecule has 1 aromatic carbocycles. The number of nitrogens with two attached hydrogens (primary N) is 3.